The third-order valence-electron chi connectivity index (χ3n) is 4.73. The average molecular weight is 224 g/mol. The van der Waals surface area contributed by atoms with Crippen molar-refractivity contribution in [3.8, 4) is 0 Å². The number of nitrogens with zero attached hydrogens (tertiary/aromatic N) is 1. The third-order valence-corrected chi connectivity index (χ3v) is 4.73. The Bertz CT molecular complexity index is 249. The molecule has 0 aromatic heterocycles. The van der Waals surface area contributed by atoms with Gasteiger partial charge < -0.3 is 5.73 Å². The molecule has 1 heterocycles. The summed E-state index contributed by atoms with van der Waals surface area (Å²) in [5.41, 5.74) is 5.97. The van der Waals surface area contributed by atoms with Crippen LogP contribution in [0.2, 0.25) is 0 Å². The summed E-state index contributed by atoms with van der Waals surface area (Å²) >= 11 is 0. The second kappa shape index (κ2) is 4.74. The molecule has 2 fully saturated rings. The van der Waals surface area contributed by atoms with Crippen LogP contribution in [0.15, 0.2) is 0 Å². The summed E-state index contributed by atoms with van der Waals surface area (Å²) in [7, 11) is 0. The average Bonchev–Trinajstić information content (AvgIpc) is 2.30. The Kier molecular flexibility index (Phi) is 3.53. The van der Waals surface area contributed by atoms with Crippen molar-refractivity contribution in [3.63, 3.8) is 0 Å². The largest absolute Gasteiger partial charge is 0.368 e. The SMILES string of the molecule is CC(C(N)=O)N1CCC2(CCCCC2)CC1. The molecule has 1 saturated heterocycles. The molecule has 0 bridgehead atoms. The van der Waals surface area contributed by atoms with E-state index in [2.05, 4.69) is 4.90 Å². The number of nitrogens with two attached hydrogens (primary N) is 1. The molecule has 92 valence electrons. The number of carbonyl (C=O) groups is 1. The number of carbonyl (C=O) groups excluding carboxylic acids is 1. The van der Waals surface area contributed by atoms with Crippen molar-refractivity contribution in [2.24, 2.45) is 11.1 Å². The van der Waals surface area contributed by atoms with Gasteiger partial charge in [0.2, 0.25) is 5.91 Å². The van der Waals surface area contributed by atoms with Crippen LogP contribution in [0.4, 0.5) is 0 Å². The molecule has 3 heteroatoms. The fourth-order valence-corrected chi connectivity index (χ4v) is 3.37. The zero-order chi connectivity index (χ0) is 11.6. The van der Waals surface area contributed by atoms with Crippen LogP contribution in [0, 0.1) is 5.41 Å². The van der Waals surface area contributed by atoms with Crippen LogP contribution in [-0.2, 0) is 4.79 Å². The van der Waals surface area contributed by atoms with Crippen LogP contribution in [0.25, 0.3) is 0 Å². The van der Waals surface area contributed by atoms with E-state index in [4.69, 9.17) is 5.73 Å². The predicted molar refractivity (Wildman–Crippen MR) is 65.0 cm³/mol. The van der Waals surface area contributed by atoms with Crippen molar-refractivity contribution >= 4 is 5.91 Å². The van der Waals surface area contributed by atoms with E-state index in [0.29, 0.717) is 5.41 Å². The molecule has 1 saturated carbocycles. The molecule has 0 aromatic carbocycles. The molecule has 16 heavy (non-hydrogen) atoms. The molecule has 1 amide bonds. The maximum Gasteiger partial charge on any atom is 0.234 e. The number of hydrogen-bond donors (Lipinski definition) is 1. The molecule has 0 radical (unpaired) electrons. The molecule has 1 spiro atoms. The maximum atomic E-state index is 11.1. The Labute approximate surface area is 98.4 Å². The van der Waals surface area contributed by atoms with Gasteiger partial charge in [-0.1, -0.05) is 19.3 Å². The Hall–Kier alpha value is -0.570. The van der Waals surface area contributed by atoms with Gasteiger partial charge in [-0.3, -0.25) is 9.69 Å². The quantitative estimate of drug-likeness (QED) is 0.778. The summed E-state index contributed by atoms with van der Waals surface area (Å²) in [6, 6.07) is -0.0825. The zero-order valence-corrected chi connectivity index (χ0v) is 10.4. The summed E-state index contributed by atoms with van der Waals surface area (Å²) in [6.45, 7) is 4.05. The molecule has 2 N–H and O–H groups in total. The van der Waals surface area contributed by atoms with E-state index in [1.54, 1.807) is 0 Å². The van der Waals surface area contributed by atoms with E-state index < -0.39 is 0 Å². The molecule has 1 aliphatic heterocycles. The second-order valence-electron chi connectivity index (χ2n) is 5.67. The van der Waals surface area contributed by atoms with Gasteiger partial charge in [0.1, 0.15) is 0 Å². The number of primary amides is 1. The van der Waals surface area contributed by atoms with Crippen molar-refractivity contribution < 1.29 is 4.79 Å². The lowest BCUT2D eigenvalue weighted by Crippen LogP contribution is -2.49. The van der Waals surface area contributed by atoms with E-state index in [1.807, 2.05) is 6.92 Å². The van der Waals surface area contributed by atoms with E-state index >= 15 is 0 Å². The van der Waals surface area contributed by atoms with Crippen molar-refractivity contribution in [2.75, 3.05) is 13.1 Å². The van der Waals surface area contributed by atoms with Gasteiger partial charge >= 0.3 is 0 Å². The Balaban J connectivity index is 1.88. The van der Waals surface area contributed by atoms with Gasteiger partial charge in [0.15, 0.2) is 0 Å². The number of amides is 1. The molecule has 3 nitrogen and oxygen atoms in total. The Morgan fingerprint density at radius 2 is 1.69 bits per heavy atom. The number of piperidine rings is 1. The van der Waals surface area contributed by atoms with Crippen molar-refractivity contribution in [1.82, 2.24) is 4.90 Å². The fraction of sp³-hybridized carbons (Fsp3) is 0.923. The first-order valence-electron chi connectivity index (χ1n) is 6.66. The number of likely N-dealkylation sites (tertiary alicyclic amines) is 1. The lowest BCUT2D eigenvalue weighted by atomic mass is 9.68. The zero-order valence-electron chi connectivity index (χ0n) is 10.4. The van der Waals surface area contributed by atoms with Crippen LogP contribution in [0.1, 0.15) is 51.9 Å². The van der Waals surface area contributed by atoms with Crippen molar-refractivity contribution in [2.45, 2.75) is 57.9 Å². The Morgan fingerprint density at radius 1 is 1.12 bits per heavy atom. The summed E-state index contributed by atoms with van der Waals surface area (Å²) in [5, 5.41) is 0. The Morgan fingerprint density at radius 3 is 2.19 bits per heavy atom. The van der Waals surface area contributed by atoms with Gasteiger partial charge in [0.05, 0.1) is 6.04 Å². The molecular weight excluding hydrogens is 200 g/mol. The molecule has 2 aliphatic rings. The highest BCUT2D eigenvalue weighted by atomic mass is 16.1. The minimum atomic E-state index is -0.181. The van der Waals surface area contributed by atoms with Crippen LogP contribution in [0.5, 0.6) is 0 Å². The van der Waals surface area contributed by atoms with Gasteiger partial charge in [-0.05, 0) is 51.1 Å². The summed E-state index contributed by atoms with van der Waals surface area (Å²) in [6.07, 6.45) is 9.59. The first kappa shape index (κ1) is 11.9. The lowest BCUT2D eigenvalue weighted by molar-refractivity contribution is -0.123. The molecule has 2 rings (SSSR count). The van der Waals surface area contributed by atoms with Gasteiger partial charge in [-0.2, -0.15) is 0 Å². The van der Waals surface area contributed by atoms with Crippen LogP contribution in [0.3, 0.4) is 0 Å². The van der Waals surface area contributed by atoms with Crippen molar-refractivity contribution in [3.05, 3.63) is 0 Å². The lowest BCUT2D eigenvalue weighted by Gasteiger charge is -2.45. The van der Waals surface area contributed by atoms with Gasteiger partial charge in [-0.25, -0.2) is 0 Å². The monoisotopic (exact) mass is 224 g/mol. The standard InChI is InChI=1S/C13H24N2O/c1-11(12(14)16)15-9-7-13(8-10-15)5-3-2-4-6-13/h11H,2-10H2,1H3,(H2,14,16). The number of hydrogen-bond acceptors (Lipinski definition) is 2. The molecule has 1 aliphatic carbocycles. The topological polar surface area (TPSA) is 46.3 Å². The first-order valence-corrected chi connectivity index (χ1v) is 6.66. The fourth-order valence-electron chi connectivity index (χ4n) is 3.37. The molecule has 0 aromatic rings. The van der Waals surface area contributed by atoms with Gasteiger partial charge in [0, 0.05) is 0 Å². The normalized spacial score (nSPS) is 27.8. The highest BCUT2D eigenvalue weighted by Crippen LogP contribution is 2.44. The van der Waals surface area contributed by atoms with Gasteiger partial charge in [0.25, 0.3) is 0 Å². The maximum absolute atomic E-state index is 11.1. The van der Waals surface area contributed by atoms with Crippen LogP contribution >= 0.6 is 0 Å². The summed E-state index contributed by atoms with van der Waals surface area (Å²) < 4.78 is 0. The smallest absolute Gasteiger partial charge is 0.234 e. The van der Waals surface area contributed by atoms with E-state index in [9.17, 15) is 4.79 Å². The highest BCUT2D eigenvalue weighted by molar-refractivity contribution is 5.79. The molecular formula is C13H24N2O. The molecule has 1 unspecified atom stereocenters. The predicted octanol–water partition coefficient (Wildman–Crippen LogP) is 1.91. The van der Waals surface area contributed by atoms with E-state index in [0.717, 1.165) is 13.1 Å². The van der Waals surface area contributed by atoms with Gasteiger partial charge in [-0.15, -0.1) is 0 Å². The number of rotatable bonds is 2. The summed E-state index contributed by atoms with van der Waals surface area (Å²) in [4.78, 5) is 13.4. The van der Waals surface area contributed by atoms with E-state index in [1.165, 1.54) is 44.9 Å². The van der Waals surface area contributed by atoms with Crippen LogP contribution in [-0.4, -0.2) is 29.9 Å². The minimum Gasteiger partial charge on any atom is -0.368 e. The first-order chi connectivity index (χ1) is 7.63. The van der Waals surface area contributed by atoms with Crippen molar-refractivity contribution in [1.29, 1.82) is 0 Å². The van der Waals surface area contributed by atoms with E-state index in [-0.39, 0.29) is 11.9 Å². The highest BCUT2D eigenvalue weighted by Gasteiger charge is 2.37. The summed E-state index contributed by atoms with van der Waals surface area (Å²) in [5.74, 6) is -0.181. The molecule has 1 atom stereocenters. The third kappa shape index (κ3) is 2.40. The second-order valence-corrected chi connectivity index (χ2v) is 5.67. The van der Waals surface area contributed by atoms with Crippen LogP contribution < -0.4 is 5.73 Å². The minimum absolute atomic E-state index is 0.0825.